The SMILES string of the molecule is CC[C@H](CC(=O)OCC1c2ccccc2-c2ccccc21)C(=O)NC(C)COC(c1ccccc1)(c1ccc(OC)cc1)c1ccc(OC)cc1. The summed E-state index contributed by atoms with van der Waals surface area (Å²) in [6, 6.07) is 41.8. The van der Waals surface area contributed by atoms with Crippen LogP contribution in [0.4, 0.5) is 0 Å². The van der Waals surface area contributed by atoms with Crippen molar-refractivity contribution in [2.45, 2.75) is 44.2 Å². The van der Waals surface area contributed by atoms with Gasteiger partial charge in [-0.3, -0.25) is 9.59 Å². The summed E-state index contributed by atoms with van der Waals surface area (Å²) in [6.45, 7) is 4.25. The van der Waals surface area contributed by atoms with Crippen LogP contribution < -0.4 is 14.8 Å². The number of nitrogens with one attached hydrogen (secondary N) is 1. The molecule has 0 bridgehead atoms. The Morgan fingerprint density at radius 3 is 1.69 bits per heavy atom. The highest BCUT2D eigenvalue weighted by atomic mass is 16.5. The van der Waals surface area contributed by atoms with E-state index in [0.717, 1.165) is 39.3 Å². The molecule has 0 aromatic heterocycles. The largest absolute Gasteiger partial charge is 0.497 e. The van der Waals surface area contributed by atoms with E-state index < -0.39 is 11.5 Å². The van der Waals surface area contributed by atoms with Crippen molar-refractivity contribution in [3.8, 4) is 22.6 Å². The third kappa shape index (κ3) is 7.54. The van der Waals surface area contributed by atoms with Crippen molar-refractivity contribution in [3.63, 3.8) is 0 Å². The minimum Gasteiger partial charge on any atom is -0.497 e. The van der Waals surface area contributed by atoms with Gasteiger partial charge >= 0.3 is 5.97 Å². The number of carbonyl (C=O) groups excluding carboxylic acids is 2. The molecule has 5 aromatic carbocycles. The Morgan fingerprint density at radius 2 is 1.18 bits per heavy atom. The Bertz CT molecular complexity index is 1830. The van der Waals surface area contributed by atoms with E-state index >= 15 is 0 Å². The first-order chi connectivity index (χ1) is 24.9. The highest BCUT2D eigenvalue weighted by molar-refractivity contribution is 5.84. The van der Waals surface area contributed by atoms with Gasteiger partial charge in [-0.05, 0) is 76.6 Å². The van der Waals surface area contributed by atoms with Crippen LogP contribution in [0, 0.1) is 5.92 Å². The number of amides is 1. The van der Waals surface area contributed by atoms with Gasteiger partial charge in [0.05, 0.1) is 27.2 Å². The molecule has 0 saturated carbocycles. The predicted molar refractivity (Wildman–Crippen MR) is 199 cm³/mol. The molecular formula is C44H45NO6. The molecular weight excluding hydrogens is 638 g/mol. The molecule has 1 unspecified atom stereocenters. The first-order valence-corrected chi connectivity index (χ1v) is 17.5. The topological polar surface area (TPSA) is 83.1 Å². The van der Waals surface area contributed by atoms with Crippen molar-refractivity contribution in [2.75, 3.05) is 27.4 Å². The zero-order valence-electron chi connectivity index (χ0n) is 29.6. The Hall–Kier alpha value is -5.40. The molecule has 0 aliphatic heterocycles. The number of ether oxygens (including phenoxy) is 4. The second-order valence-corrected chi connectivity index (χ2v) is 12.9. The molecule has 1 aliphatic carbocycles. The molecule has 0 heterocycles. The Kier molecular flexibility index (Phi) is 11.2. The summed E-state index contributed by atoms with van der Waals surface area (Å²) < 4.78 is 23.7. The van der Waals surface area contributed by atoms with Gasteiger partial charge in [-0.2, -0.15) is 0 Å². The van der Waals surface area contributed by atoms with E-state index in [2.05, 4.69) is 29.6 Å². The molecule has 1 N–H and O–H groups in total. The summed E-state index contributed by atoms with van der Waals surface area (Å²) in [6.07, 6.45) is 0.493. The lowest BCUT2D eigenvalue weighted by atomic mass is 9.80. The van der Waals surface area contributed by atoms with Crippen molar-refractivity contribution in [1.82, 2.24) is 5.32 Å². The average Bonchev–Trinajstić information content (AvgIpc) is 3.50. The molecule has 262 valence electrons. The highest BCUT2D eigenvalue weighted by Crippen LogP contribution is 2.45. The van der Waals surface area contributed by atoms with Crippen LogP contribution in [-0.4, -0.2) is 45.4 Å². The predicted octanol–water partition coefficient (Wildman–Crippen LogP) is 8.29. The fourth-order valence-corrected chi connectivity index (χ4v) is 7.02. The molecule has 0 saturated heterocycles. The lowest BCUT2D eigenvalue weighted by Crippen LogP contribution is -2.43. The van der Waals surface area contributed by atoms with Crippen molar-refractivity contribution >= 4 is 11.9 Å². The van der Waals surface area contributed by atoms with Gasteiger partial charge in [0.1, 0.15) is 23.7 Å². The summed E-state index contributed by atoms with van der Waals surface area (Å²) in [7, 11) is 3.28. The fourth-order valence-electron chi connectivity index (χ4n) is 7.02. The Balaban J connectivity index is 1.15. The van der Waals surface area contributed by atoms with Crippen molar-refractivity contribution in [2.24, 2.45) is 5.92 Å². The minimum absolute atomic E-state index is 0.00241. The molecule has 0 spiro atoms. The maximum absolute atomic E-state index is 13.6. The normalized spacial score (nSPS) is 13.4. The molecule has 2 atom stereocenters. The molecule has 0 radical (unpaired) electrons. The number of rotatable bonds is 15. The van der Waals surface area contributed by atoms with E-state index in [1.165, 1.54) is 11.1 Å². The van der Waals surface area contributed by atoms with Gasteiger partial charge in [0.2, 0.25) is 5.91 Å². The van der Waals surface area contributed by atoms with Crippen LogP contribution >= 0.6 is 0 Å². The Labute approximate surface area is 300 Å². The molecule has 1 amide bonds. The first-order valence-electron chi connectivity index (χ1n) is 17.5. The van der Waals surface area contributed by atoms with Gasteiger partial charge in [0.25, 0.3) is 0 Å². The van der Waals surface area contributed by atoms with Gasteiger partial charge in [0, 0.05) is 17.9 Å². The monoisotopic (exact) mass is 683 g/mol. The standard InChI is InChI=1S/C44H45NO6/c1-5-31(27-42(46)50-29-41-39-17-11-9-15-37(39)38-16-10-12-18-40(38)41)43(47)45-30(2)28-51-44(32-13-7-6-8-14-32,33-19-23-35(48-3)24-20-33)34-21-25-36(49-4)26-22-34/h6-26,30-31,41H,5,27-29H2,1-4H3,(H,45,47)/t30?,31-/m1/s1. The van der Waals surface area contributed by atoms with Gasteiger partial charge < -0.3 is 24.3 Å². The van der Waals surface area contributed by atoms with Gasteiger partial charge in [-0.1, -0.05) is 110 Å². The fraction of sp³-hybridized carbons (Fsp3) is 0.273. The van der Waals surface area contributed by atoms with E-state index in [1.807, 2.05) is 117 Å². The van der Waals surface area contributed by atoms with Gasteiger partial charge in [-0.25, -0.2) is 0 Å². The smallest absolute Gasteiger partial charge is 0.306 e. The summed E-state index contributed by atoms with van der Waals surface area (Å²) in [4.78, 5) is 26.7. The second-order valence-electron chi connectivity index (χ2n) is 12.9. The average molecular weight is 684 g/mol. The van der Waals surface area contributed by atoms with Crippen LogP contribution in [0.1, 0.15) is 60.4 Å². The zero-order chi connectivity index (χ0) is 35.8. The number of hydrogen-bond acceptors (Lipinski definition) is 6. The number of methoxy groups -OCH3 is 2. The third-order valence-electron chi connectivity index (χ3n) is 9.76. The van der Waals surface area contributed by atoms with Crippen LogP contribution in [0.2, 0.25) is 0 Å². The Morgan fingerprint density at radius 1 is 0.686 bits per heavy atom. The van der Waals surface area contributed by atoms with E-state index in [0.29, 0.717) is 6.42 Å². The van der Waals surface area contributed by atoms with Gasteiger partial charge in [-0.15, -0.1) is 0 Å². The van der Waals surface area contributed by atoms with E-state index in [1.54, 1.807) is 14.2 Å². The lowest BCUT2D eigenvalue weighted by Gasteiger charge is -2.37. The molecule has 5 aromatic rings. The number of esters is 1. The quantitative estimate of drug-likeness (QED) is 0.0884. The van der Waals surface area contributed by atoms with E-state index in [4.69, 9.17) is 18.9 Å². The minimum atomic E-state index is -1.01. The van der Waals surface area contributed by atoms with E-state index in [-0.39, 0.29) is 43.5 Å². The highest BCUT2D eigenvalue weighted by Gasteiger charge is 2.38. The van der Waals surface area contributed by atoms with Crippen molar-refractivity contribution in [1.29, 1.82) is 0 Å². The third-order valence-corrected chi connectivity index (χ3v) is 9.76. The molecule has 0 fully saturated rings. The zero-order valence-corrected chi connectivity index (χ0v) is 29.6. The maximum Gasteiger partial charge on any atom is 0.306 e. The second kappa shape index (κ2) is 16.1. The summed E-state index contributed by atoms with van der Waals surface area (Å²) in [5.74, 6) is 0.307. The molecule has 7 nitrogen and oxygen atoms in total. The van der Waals surface area contributed by atoms with Crippen LogP contribution in [-0.2, 0) is 24.7 Å². The number of carbonyl (C=O) groups is 2. The van der Waals surface area contributed by atoms with E-state index in [9.17, 15) is 9.59 Å². The lowest BCUT2D eigenvalue weighted by molar-refractivity contribution is -0.147. The first kappa shape index (κ1) is 35.4. The van der Waals surface area contributed by atoms with Crippen LogP contribution in [0.25, 0.3) is 11.1 Å². The summed E-state index contributed by atoms with van der Waals surface area (Å²) in [5.41, 5.74) is 6.38. The molecule has 6 rings (SSSR count). The van der Waals surface area contributed by atoms with Crippen molar-refractivity contribution < 1.29 is 28.5 Å². The summed E-state index contributed by atoms with van der Waals surface area (Å²) in [5, 5.41) is 3.11. The number of benzene rings is 5. The molecule has 1 aliphatic rings. The van der Waals surface area contributed by atoms with Crippen LogP contribution in [0.5, 0.6) is 11.5 Å². The summed E-state index contributed by atoms with van der Waals surface area (Å²) >= 11 is 0. The maximum atomic E-state index is 13.6. The number of hydrogen-bond donors (Lipinski definition) is 1. The number of fused-ring (bicyclic) bond motifs is 3. The molecule has 7 heteroatoms. The van der Waals surface area contributed by atoms with Crippen LogP contribution in [0.15, 0.2) is 127 Å². The van der Waals surface area contributed by atoms with Gasteiger partial charge in [0.15, 0.2) is 0 Å². The van der Waals surface area contributed by atoms with Crippen LogP contribution in [0.3, 0.4) is 0 Å². The van der Waals surface area contributed by atoms with Crippen molar-refractivity contribution in [3.05, 3.63) is 155 Å². The molecule has 51 heavy (non-hydrogen) atoms.